The third kappa shape index (κ3) is 4.31. The summed E-state index contributed by atoms with van der Waals surface area (Å²) in [5, 5.41) is 2.79. The molecule has 0 aromatic heterocycles. The lowest BCUT2D eigenvalue weighted by molar-refractivity contribution is -0.120. The largest absolute Gasteiger partial charge is 0.497 e. The molecule has 4 heteroatoms. The zero-order valence-electron chi connectivity index (χ0n) is 12.2. The van der Waals surface area contributed by atoms with Crippen molar-refractivity contribution in [2.24, 2.45) is 0 Å². The van der Waals surface area contributed by atoms with Crippen LogP contribution in [0.4, 0.5) is 4.39 Å². The van der Waals surface area contributed by atoms with E-state index in [1.165, 1.54) is 6.07 Å². The van der Waals surface area contributed by atoms with Gasteiger partial charge in [0.2, 0.25) is 5.91 Å². The van der Waals surface area contributed by atoms with E-state index in [1.54, 1.807) is 20.1 Å². The lowest BCUT2D eigenvalue weighted by Gasteiger charge is -2.07. The summed E-state index contributed by atoms with van der Waals surface area (Å²) < 4.78 is 18.5. The van der Waals surface area contributed by atoms with Crippen molar-refractivity contribution in [2.75, 3.05) is 7.11 Å². The van der Waals surface area contributed by atoms with Gasteiger partial charge in [0.05, 0.1) is 13.5 Å². The Morgan fingerprint density at radius 1 is 1.14 bits per heavy atom. The molecule has 1 amide bonds. The average molecular weight is 287 g/mol. The lowest BCUT2D eigenvalue weighted by Crippen LogP contribution is -2.24. The minimum absolute atomic E-state index is 0.0962. The Labute approximate surface area is 123 Å². The number of methoxy groups -OCH3 is 1. The van der Waals surface area contributed by atoms with Crippen LogP contribution in [0.2, 0.25) is 0 Å². The van der Waals surface area contributed by atoms with Crippen molar-refractivity contribution in [2.45, 2.75) is 19.9 Å². The molecular formula is C17H18FNO2. The first-order chi connectivity index (χ1) is 10.1. The van der Waals surface area contributed by atoms with Gasteiger partial charge in [0.25, 0.3) is 0 Å². The van der Waals surface area contributed by atoms with Gasteiger partial charge in [-0.3, -0.25) is 4.79 Å². The van der Waals surface area contributed by atoms with Crippen LogP contribution in [0.3, 0.4) is 0 Å². The Bertz CT molecular complexity index is 623. The number of carbonyl (C=O) groups excluding carboxylic acids is 1. The molecule has 2 rings (SSSR count). The molecule has 1 N–H and O–H groups in total. The smallest absolute Gasteiger partial charge is 0.224 e. The third-order valence-corrected chi connectivity index (χ3v) is 3.25. The highest BCUT2D eigenvalue weighted by molar-refractivity contribution is 5.78. The van der Waals surface area contributed by atoms with Crippen molar-refractivity contribution in [3.63, 3.8) is 0 Å². The third-order valence-electron chi connectivity index (χ3n) is 3.25. The van der Waals surface area contributed by atoms with Gasteiger partial charge in [0, 0.05) is 6.54 Å². The van der Waals surface area contributed by atoms with Crippen molar-refractivity contribution in [3.8, 4) is 5.75 Å². The number of amides is 1. The van der Waals surface area contributed by atoms with Gasteiger partial charge in [0.1, 0.15) is 11.6 Å². The van der Waals surface area contributed by atoms with Crippen LogP contribution in [0.15, 0.2) is 42.5 Å². The number of carbonyl (C=O) groups is 1. The number of hydrogen-bond acceptors (Lipinski definition) is 2. The number of hydrogen-bond donors (Lipinski definition) is 1. The lowest BCUT2D eigenvalue weighted by atomic mass is 10.1. The zero-order chi connectivity index (χ0) is 15.2. The Morgan fingerprint density at radius 2 is 1.81 bits per heavy atom. The van der Waals surface area contributed by atoms with E-state index in [0.717, 1.165) is 16.9 Å². The molecule has 0 aliphatic heterocycles. The summed E-state index contributed by atoms with van der Waals surface area (Å²) in [5.41, 5.74) is 2.26. The molecule has 110 valence electrons. The van der Waals surface area contributed by atoms with E-state index in [0.29, 0.717) is 18.5 Å². The Balaban J connectivity index is 1.87. The van der Waals surface area contributed by atoms with Crippen LogP contribution in [-0.2, 0) is 17.8 Å². The molecule has 0 bridgehead atoms. The number of halogens is 1. The Kier molecular flexibility index (Phi) is 4.93. The second-order valence-electron chi connectivity index (χ2n) is 4.89. The van der Waals surface area contributed by atoms with E-state index in [9.17, 15) is 9.18 Å². The molecule has 2 aromatic rings. The van der Waals surface area contributed by atoms with Gasteiger partial charge in [-0.05, 0) is 41.8 Å². The van der Waals surface area contributed by atoms with Crippen LogP contribution in [-0.4, -0.2) is 13.0 Å². The predicted molar refractivity (Wildman–Crippen MR) is 79.7 cm³/mol. The van der Waals surface area contributed by atoms with Crippen LogP contribution in [0.1, 0.15) is 16.7 Å². The highest BCUT2D eigenvalue weighted by Crippen LogP contribution is 2.12. The molecule has 0 spiro atoms. The predicted octanol–water partition coefficient (Wildman–Crippen LogP) is 3.00. The number of ether oxygens (including phenoxy) is 1. The number of aryl methyl sites for hydroxylation is 1. The van der Waals surface area contributed by atoms with Crippen LogP contribution < -0.4 is 10.1 Å². The summed E-state index contributed by atoms with van der Waals surface area (Å²) in [5.74, 6) is 0.410. The van der Waals surface area contributed by atoms with Crippen molar-refractivity contribution in [1.82, 2.24) is 5.32 Å². The number of nitrogens with one attached hydrogen (secondary N) is 1. The molecule has 0 atom stereocenters. The summed E-state index contributed by atoms with van der Waals surface area (Å²) in [4.78, 5) is 11.9. The van der Waals surface area contributed by atoms with Crippen molar-refractivity contribution in [1.29, 1.82) is 0 Å². The highest BCUT2D eigenvalue weighted by Gasteiger charge is 2.05. The first-order valence-corrected chi connectivity index (χ1v) is 6.73. The van der Waals surface area contributed by atoms with Crippen LogP contribution in [0, 0.1) is 12.7 Å². The van der Waals surface area contributed by atoms with E-state index in [2.05, 4.69) is 5.32 Å². The first kappa shape index (κ1) is 15.0. The van der Waals surface area contributed by atoms with Gasteiger partial charge >= 0.3 is 0 Å². The first-order valence-electron chi connectivity index (χ1n) is 6.73. The molecule has 0 aliphatic rings. The SMILES string of the molecule is COc1ccc(CC(=O)NCc2ccc(C)c(F)c2)cc1. The summed E-state index contributed by atoms with van der Waals surface area (Å²) in [6.07, 6.45) is 0.290. The normalized spacial score (nSPS) is 10.2. The second kappa shape index (κ2) is 6.88. The van der Waals surface area contributed by atoms with E-state index < -0.39 is 0 Å². The van der Waals surface area contributed by atoms with Crippen molar-refractivity contribution in [3.05, 3.63) is 65.0 Å². The molecule has 21 heavy (non-hydrogen) atoms. The van der Waals surface area contributed by atoms with Gasteiger partial charge < -0.3 is 10.1 Å². The van der Waals surface area contributed by atoms with Gasteiger partial charge in [-0.1, -0.05) is 24.3 Å². The molecule has 3 nitrogen and oxygen atoms in total. The Morgan fingerprint density at radius 3 is 2.43 bits per heavy atom. The summed E-state index contributed by atoms with van der Waals surface area (Å²) in [7, 11) is 1.60. The minimum atomic E-state index is -0.253. The molecule has 0 fully saturated rings. The molecule has 0 saturated carbocycles. The number of rotatable bonds is 5. The van der Waals surface area contributed by atoms with Gasteiger partial charge in [0.15, 0.2) is 0 Å². The highest BCUT2D eigenvalue weighted by atomic mass is 19.1. The number of benzene rings is 2. The zero-order valence-corrected chi connectivity index (χ0v) is 12.2. The van der Waals surface area contributed by atoms with Crippen molar-refractivity contribution >= 4 is 5.91 Å². The fourth-order valence-electron chi connectivity index (χ4n) is 1.94. The van der Waals surface area contributed by atoms with Gasteiger partial charge in [-0.2, -0.15) is 0 Å². The van der Waals surface area contributed by atoms with Crippen molar-refractivity contribution < 1.29 is 13.9 Å². The van der Waals surface area contributed by atoms with E-state index in [-0.39, 0.29) is 11.7 Å². The second-order valence-corrected chi connectivity index (χ2v) is 4.89. The van der Waals surface area contributed by atoms with Gasteiger partial charge in [-0.15, -0.1) is 0 Å². The Hall–Kier alpha value is -2.36. The maximum Gasteiger partial charge on any atom is 0.224 e. The molecule has 0 saturated heterocycles. The maximum atomic E-state index is 13.4. The maximum absolute atomic E-state index is 13.4. The summed E-state index contributed by atoms with van der Waals surface area (Å²) >= 11 is 0. The molecule has 2 aromatic carbocycles. The molecule has 0 aliphatic carbocycles. The fourth-order valence-corrected chi connectivity index (χ4v) is 1.94. The molecular weight excluding hydrogens is 269 g/mol. The monoisotopic (exact) mass is 287 g/mol. The molecule has 0 heterocycles. The molecule has 0 unspecified atom stereocenters. The molecule has 0 radical (unpaired) electrons. The van der Waals surface area contributed by atoms with E-state index in [1.807, 2.05) is 30.3 Å². The topological polar surface area (TPSA) is 38.3 Å². The van der Waals surface area contributed by atoms with E-state index >= 15 is 0 Å². The summed E-state index contributed by atoms with van der Waals surface area (Å²) in [6, 6.07) is 12.3. The average Bonchev–Trinajstić information content (AvgIpc) is 2.49. The summed E-state index contributed by atoms with van der Waals surface area (Å²) in [6.45, 7) is 2.04. The van der Waals surface area contributed by atoms with E-state index in [4.69, 9.17) is 4.74 Å². The standard InChI is InChI=1S/C17H18FNO2/c1-12-3-4-14(9-16(12)18)11-19-17(20)10-13-5-7-15(21-2)8-6-13/h3-9H,10-11H2,1-2H3,(H,19,20). The minimum Gasteiger partial charge on any atom is -0.497 e. The van der Waals surface area contributed by atoms with Crippen LogP contribution in [0.5, 0.6) is 5.75 Å². The van der Waals surface area contributed by atoms with Crippen LogP contribution in [0.25, 0.3) is 0 Å². The quantitative estimate of drug-likeness (QED) is 0.918. The van der Waals surface area contributed by atoms with Crippen LogP contribution >= 0.6 is 0 Å². The van der Waals surface area contributed by atoms with Gasteiger partial charge in [-0.25, -0.2) is 4.39 Å². The fraction of sp³-hybridized carbons (Fsp3) is 0.235.